The molecule has 17 heavy (non-hydrogen) atoms. The van der Waals surface area contributed by atoms with Crippen LogP contribution in [0, 0.1) is 0 Å². The standard InChI is InChI=1S/C15H23NO/c1-3-5-6-11-16-14-10-7-9-13(12-14)15(17)8-4-2/h7,9-10,12,16H,3-6,8,11H2,1-2H3. The molecule has 1 aromatic carbocycles. The van der Waals surface area contributed by atoms with Gasteiger partial charge in [0.25, 0.3) is 0 Å². The van der Waals surface area contributed by atoms with E-state index in [0.717, 1.165) is 24.2 Å². The molecule has 1 N–H and O–H groups in total. The molecule has 0 spiro atoms. The fourth-order valence-corrected chi connectivity index (χ4v) is 1.78. The third-order valence-electron chi connectivity index (χ3n) is 2.77. The van der Waals surface area contributed by atoms with Gasteiger partial charge in [-0.05, 0) is 25.0 Å². The molecule has 2 heteroatoms. The van der Waals surface area contributed by atoms with E-state index in [1.165, 1.54) is 19.3 Å². The van der Waals surface area contributed by atoms with E-state index in [1.807, 2.05) is 31.2 Å². The van der Waals surface area contributed by atoms with Gasteiger partial charge in [0.1, 0.15) is 0 Å². The molecule has 0 fully saturated rings. The lowest BCUT2D eigenvalue weighted by Crippen LogP contribution is -2.03. The first-order valence-corrected chi connectivity index (χ1v) is 6.65. The molecule has 0 unspecified atom stereocenters. The van der Waals surface area contributed by atoms with Crippen LogP contribution in [0.3, 0.4) is 0 Å². The van der Waals surface area contributed by atoms with E-state index >= 15 is 0 Å². The molecular formula is C15H23NO. The number of carbonyl (C=O) groups excluding carboxylic acids is 1. The molecule has 0 saturated heterocycles. The van der Waals surface area contributed by atoms with Crippen LogP contribution in [0.2, 0.25) is 0 Å². The summed E-state index contributed by atoms with van der Waals surface area (Å²) in [4.78, 5) is 11.7. The summed E-state index contributed by atoms with van der Waals surface area (Å²) in [6.07, 6.45) is 5.22. The molecule has 1 rings (SSSR count). The first-order chi connectivity index (χ1) is 8.27. The van der Waals surface area contributed by atoms with E-state index < -0.39 is 0 Å². The van der Waals surface area contributed by atoms with Crippen LogP contribution < -0.4 is 5.32 Å². The van der Waals surface area contributed by atoms with Crippen molar-refractivity contribution in [3.63, 3.8) is 0 Å². The predicted molar refractivity (Wildman–Crippen MR) is 73.7 cm³/mol. The van der Waals surface area contributed by atoms with Crippen LogP contribution in [0.5, 0.6) is 0 Å². The van der Waals surface area contributed by atoms with Gasteiger partial charge in [-0.1, -0.05) is 38.8 Å². The van der Waals surface area contributed by atoms with Crippen molar-refractivity contribution in [3.05, 3.63) is 29.8 Å². The second-order valence-electron chi connectivity index (χ2n) is 4.39. The minimum absolute atomic E-state index is 0.240. The average Bonchev–Trinajstić information content (AvgIpc) is 2.35. The lowest BCUT2D eigenvalue weighted by molar-refractivity contribution is 0.0982. The van der Waals surface area contributed by atoms with Crippen molar-refractivity contribution in [2.45, 2.75) is 46.0 Å². The molecular weight excluding hydrogens is 210 g/mol. The summed E-state index contributed by atoms with van der Waals surface area (Å²) in [6, 6.07) is 7.83. The molecule has 0 amide bonds. The zero-order chi connectivity index (χ0) is 12.5. The smallest absolute Gasteiger partial charge is 0.162 e. The normalized spacial score (nSPS) is 10.2. The van der Waals surface area contributed by atoms with E-state index in [2.05, 4.69) is 12.2 Å². The van der Waals surface area contributed by atoms with Crippen molar-refractivity contribution in [3.8, 4) is 0 Å². The van der Waals surface area contributed by atoms with Gasteiger partial charge in [0.05, 0.1) is 0 Å². The summed E-state index contributed by atoms with van der Waals surface area (Å²) < 4.78 is 0. The first-order valence-electron chi connectivity index (χ1n) is 6.65. The predicted octanol–water partition coefficient (Wildman–Crippen LogP) is 4.27. The molecule has 0 aliphatic rings. The van der Waals surface area contributed by atoms with Crippen molar-refractivity contribution < 1.29 is 4.79 Å². The molecule has 0 radical (unpaired) electrons. The number of ketones is 1. The number of hydrogen-bond acceptors (Lipinski definition) is 2. The van der Waals surface area contributed by atoms with Crippen molar-refractivity contribution in [2.75, 3.05) is 11.9 Å². The first kappa shape index (κ1) is 13.8. The Morgan fingerprint density at radius 2 is 2.00 bits per heavy atom. The van der Waals surface area contributed by atoms with E-state index in [4.69, 9.17) is 0 Å². The van der Waals surface area contributed by atoms with Gasteiger partial charge >= 0.3 is 0 Å². The monoisotopic (exact) mass is 233 g/mol. The number of rotatable bonds is 8. The van der Waals surface area contributed by atoms with E-state index in [9.17, 15) is 4.79 Å². The second-order valence-corrected chi connectivity index (χ2v) is 4.39. The Kier molecular flexibility index (Phi) is 6.38. The highest BCUT2D eigenvalue weighted by molar-refractivity contribution is 5.96. The zero-order valence-electron chi connectivity index (χ0n) is 11.0. The minimum atomic E-state index is 0.240. The van der Waals surface area contributed by atoms with Crippen LogP contribution in [0.4, 0.5) is 5.69 Å². The summed E-state index contributed by atoms with van der Waals surface area (Å²) in [6.45, 7) is 5.22. The SMILES string of the molecule is CCCCCNc1cccc(C(=O)CCC)c1. The van der Waals surface area contributed by atoms with Gasteiger partial charge in [0.2, 0.25) is 0 Å². The molecule has 0 heterocycles. The second kappa shape index (κ2) is 7.88. The van der Waals surface area contributed by atoms with Crippen molar-refractivity contribution in [1.82, 2.24) is 0 Å². The maximum absolute atomic E-state index is 11.7. The quantitative estimate of drug-likeness (QED) is 0.536. The Balaban J connectivity index is 2.50. The van der Waals surface area contributed by atoms with Crippen LogP contribution >= 0.6 is 0 Å². The molecule has 0 atom stereocenters. The number of unbranched alkanes of at least 4 members (excludes halogenated alkanes) is 2. The minimum Gasteiger partial charge on any atom is -0.385 e. The highest BCUT2D eigenvalue weighted by Crippen LogP contribution is 2.13. The van der Waals surface area contributed by atoms with Gasteiger partial charge in [-0.15, -0.1) is 0 Å². The number of benzene rings is 1. The topological polar surface area (TPSA) is 29.1 Å². The number of Topliss-reactive ketones (excluding diaryl/α,β-unsaturated/α-hetero) is 1. The molecule has 1 aromatic rings. The van der Waals surface area contributed by atoms with Crippen molar-refractivity contribution in [2.24, 2.45) is 0 Å². The fourth-order valence-electron chi connectivity index (χ4n) is 1.78. The van der Waals surface area contributed by atoms with Gasteiger partial charge < -0.3 is 5.32 Å². The Morgan fingerprint density at radius 3 is 2.71 bits per heavy atom. The van der Waals surface area contributed by atoms with Crippen LogP contribution in [-0.4, -0.2) is 12.3 Å². The maximum atomic E-state index is 11.7. The van der Waals surface area contributed by atoms with Gasteiger partial charge in [0.15, 0.2) is 5.78 Å². The van der Waals surface area contributed by atoms with Gasteiger partial charge in [0, 0.05) is 24.2 Å². The summed E-state index contributed by atoms with van der Waals surface area (Å²) in [5, 5.41) is 3.36. The number of hydrogen-bond donors (Lipinski definition) is 1. The Hall–Kier alpha value is -1.31. The van der Waals surface area contributed by atoms with Crippen LogP contribution in [0.25, 0.3) is 0 Å². The molecule has 2 nitrogen and oxygen atoms in total. The molecule has 0 aliphatic carbocycles. The summed E-state index contributed by atoms with van der Waals surface area (Å²) in [5.74, 6) is 0.240. The lowest BCUT2D eigenvalue weighted by Gasteiger charge is -2.07. The third kappa shape index (κ3) is 5.03. The lowest BCUT2D eigenvalue weighted by atomic mass is 10.1. The number of nitrogens with one attached hydrogen (secondary N) is 1. The zero-order valence-corrected chi connectivity index (χ0v) is 11.0. The van der Waals surface area contributed by atoms with Crippen molar-refractivity contribution >= 4 is 11.5 Å². The summed E-state index contributed by atoms with van der Waals surface area (Å²) >= 11 is 0. The van der Waals surface area contributed by atoms with E-state index in [0.29, 0.717) is 6.42 Å². The fraction of sp³-hybridized carbons (Fsp3) is 0.533. The Labute approximate surface area is 104 Å². The van der Waals surface area contributed by atoms with Gasteiger partial charge in [-0.25, -0.2) is 0 Å². The molecule has 0 aliphatic heterocycles. The molecule has 0 saturated carbocycles. The summed E-state index contributed by atoms with van der Waals surface area (Å²) in [5.41, 5.74) is 1.88. The third-order valence-corrected chi connectivity index (χ3v) is 2.77. The van der Waals surface area contributed by atoms with E-state index in [-0.39, 0.29) is 5.78 Å². The average molecular weight is 233 g/mol. The Bertz CT molecular complexity index is 347. The van der Waals surface area contributed by atoms with Crippen LogP contribution in [-0.2, 0) is 0 Å². The molecule has 0 aromatic heterocycles. The summed E-state index contributed by atoms with van der Waals surface area (Å²) in [7, 11) is 0. The molecule has 0 bridgehead atoms. The van der Waals surface area contributed by atoms with E-state index in [1.54, 1.807) is 0 Å². The van der Waals surface area contributed by atoms with Crippen molar-refractivity contribution in [1.29, 1.82) is 0 Å². The van der Waals surface area contributed by atoms with Crippen LogP contribution in [0.1, 0.15) is 56.3 Å². The van der Waals surface area contributed by atoms with Crippen LogP contribution in [0.15, 0.2) is 24.3 Å². The maximum Gasteiger partial charge on any atom is 0.162 e. The number of anilines is 1. The Morgan fingerprint density at radius 1 is 1.18 bits per heavy atom. The van der Waals surface area contributed by atoms with Gasteiger partial charge in [-0.2, -0.15) is 0 Å². The largest absolute Gasteiger partial charge is 0.385 e. The molecule has 94 valence electrons. The van der Waals surface area contributed by atoms with Gasteiger partial charge in [-0.3, -0.25) is 4.79 Å². The highest BCUT2D eigenvalue weighted by atomic mass is 16.1. The highest BCUT2D eigenvalue weighted by Gasteiger charge is 2.04. The number of carbonyl (C=O) groups is 1.